The number of carboxylic acids is 1. The fraction of sp³-hybridized carbons (Fsp3) is 0.143. The lowest BCUT2D eigenvalue weighted by Gasteiger charge is -2.12. The van der Waals surface area contributed by atoms with Crippen LogP contribution in [0, 0.1) is 12.7 Å². The molecule has 19 heavy (non-hydrogen) atoms. The molecule has 2 rings (SSSR count). The van der Waals surface area contributed by atoms with E-state index in [9.17, 15) is 9.18 Å². The third kappa shape index (κ3) is 2.46. The molecule has 0 aliphatic heterocycles. The lowest BCUT2D eigenvalue weighted by atomic mass is 9.97. The minimum Gasteiger partial charge on any atom is -0.477 e. The van der Waals surface area contributed by atoms with Gasteiger partial charge < -0.3 is 10.8 Å². The van der Waals surface area contributed by atoms with E-state index in [-0.39, 0.29) is 12.2 Å². The highest BCUT2D eigenvalue weighted by atomic mass is 19.1. The molecular formula is C14H13FN2O2. The van der Waals surface area contributed by atoms with Gasteiger partial charge in [-0.05, 0) is 30.2 Å². The summed E-state index contributed by atoms with van der Waals surface area (Å²) in [6.07, 6.45) is 0. The monoisotopic (exact) mass is 260 g/mol. The van der Waals surface area contributed by atoms with Crippen LogP contribution in [-0.4, -0.2) is 16.1 Å². The molecule has 5 heteroatoms. The number of aromatic nitrogens is 1. The van der Waals surface area contributed by atoms with Crippen LogP contribution in [-0.2, 0) is 6.54 Å². The van der Waals surface area contributed by atoms with Gasteiger partial charge in [0.2, 0.25) is 0 Å². The number of halogens is 1. The standard InChI is InChI=1S/C14H13FN2O2/c1-8-11(7-16)10(6-13(17-8)14(18)19)9-4-2-3-5-12(9)15/h2-6H,7,16H2,1H3,(H,18,19). The maximum Gasteiger partial charge on any atom is 0.354 e. The van der Waals surface area contributed by atoms with Crippen molar-refractivity contribution in [3.8, 4) is 11.1 Å². The van der Waals surface area contributed by atoms with Crippen LogP contribution < -0.4 is 5.73 Å². The number of nitrogens with two attached hydrogens (primary N) is 1. The number of aromatic carboxylic acids is 1. The van der Waals surface area contributed by atoms with E-state index in [1.807, 2.05) is 0 Å². The Morgan fingerprint density at radius 1 is 1.37 bits per heavy atom. The van der Waals surface area contributed by atoms with Crippen LogP contribution in [0.3, 0.4) is 0 Å². The van der Waals surface area contributed by atoms with Crippen LogP contribution >= 0.6 is 0 Å². The van der Waals surface area contributed by atoms with Gasteiger partial charge in [-0.2, -0.15) is 0 Å². The number of benzene rings is 1. The average molecular weight is 260 g/mol. The number of nitrogens with zero attached hydrogens (tertiary/aromatic N) is 1. The molecule has 2 aromatic rings. The van der Waals surface area contributed by atoms with Gasteiger partial charge in [-0.25, -0.2) is 14.2 Å². The third-order valence-electron chi connectivity index (χ3n) is 2.92. The van der Waals surface area contributed by atoms with Crippen molar-refractivity contribution in [2.45, 2.75) is 13.5 Å². The summed E-state index contributed by atoms with van der Waals surface area (Å²) < 4.78 is 13.8. The Balaban J connectivity index is 2.74. The number of rotatable bonds is 3. The van der Waals surface area contributed by atoms with E-state index < -0.39 is 11.8 Å². The van der Waals surface area contributed by atoms with Crippen LogP contribution in [0.1, 0.15) is 21.7 Å². The second-order valence-electron chi connectivity index (χ2n) is 4.11. The van der Waals surface area contributed by atoms with Gasteiger partial charge in [-0.1, -0.05) is 18.2 Å². The van der Waals surface area contributed by atoms with Crippen LogP contribution in [0.15, 0.2) is 30.3 Å². The number of pyridine rings is 1. The van der Waals surface area contributed by atoms with Gasteiger partial charge in [-0.15, -0.1) is 0 Å². The van der Waals surface area contributed by atoms with Crippen molar-refractivity contribution in [3.05, 3.63) is 53.1 Å². The van der Waals surface area contributed by atoms with Crippen LogP contribution in [0.25, 0.3) is 11.1 Å². The fourth-order valence-corrected chi connectivity index (χ4v) is 1.99. The Morgan fingerprint density at radius 3 is 2.63 bits per heavy atom. The van der Waals surface area contributed by atoms with Crippen LogP contribution in [0.4, 0.5) is 4.39 Å². The zero-order valence-electron chi connectivity index (χ0n) is 10.4. The topological polar surface area (TPSA) is 76.2 Å². The Hall–Kier alpha value is -2.27. The lowest BCUT2D eigenvalue weighted by Crippen LogP contribution is -2.09. The quantitative estimate of drug-likeness (QED) is 0.888. The second kappa shape index (κ2) is 5.16. The molecule has 0 spiro atoms. The van der Waals surface area contributed by atoms with Crippen molar-refractivity contribution in [3.63, 3.8) is 0 Å². The summed E-state index contributed by atoms with van der Waals surface area (Å²) in [5, 5.41) is 9.03. The Morgan fingerprint density at radius 2 is 2.05 bits per heavy atom. The van der Waals surface area contributed by atoms with Gasteiger partial charge in [0.25, 0.3) is 0 Å². The molecule has 0 fully saturated rings. The molecule has 0 aliphatic rings. The molecule has 1 aromatic heterocycles. The highest BCUT2D eigenvalue weighted by molar-refractivity contribution is 5.88. The number of carbonyl (C=O) groups is 1. The third-order valence-corrected chi connectivity index (χ3v) is 2.92. The van der Waals surface area contributed by atoms with E-state index in [2.05, 4.69) is 4.98 Å². The molecule has 0 saturated carbocycles. The minimum absolute atomic E-state index is 0.118. The van der Waals surface area contributed by atoms with Crippen molar-refractivity contribution < 1.29 is 14.3 Å². The largest absolute Gasteiger partial charge is 0.477 e. The summed E-state index contributed by atoms with van der Waals surface area (Å²) >= 11 is 0. The summed E-state index contributed by atoms with van der Waals surface area (Å²) in [6.45, 7) is 1.83. The smallest absolute Gasteiger partial charge is 0.354 e. The molecule has 98 valence electrons. The van der Waals surface area contributed by atoms with E-state index in [0.29, 0.717) is 22.4 Å². The summed E-state index contributed by atoms with van der Waals surface area (Å²) in [4.78, 5) is 15.0. The molecule has 1 heterocycles. The molecule has 0 saturated heterocycles. The Kier molecular flexibility index (Phi) is 3.57. The maximum absolute atomic E-state index is 13.8. The maximum atomic E-state index is 13.8. The highest BCUT2D eigenvalue weighted by Gasteiger charge is 2.16. The molecule has 0 bridgehead atoms. The van der Waals surface area contributed by atoms with Gasteiger partial charge in [0.15, 0.2) is 0 Å². The van der Waals surface area contributed by atoms with E-state index in [1.54, 1.807) is 25.1 Å². The van der Waals surface area contributed by atoms with Crippen LogP contribution in [0.5, 0.6) is 0 Å². The fourth-order valence-electron chi connectivity index (χ4n) is 1.99. The average Bonchev–Trinajstić information content (AvgIpc) is 2.38. The molecule has 0 atom stereocenters. The zero-order chi connectivity index (χ0) is 14.0. The van der Waals surface area contributed by atoms with Gasteiger partial charge >= 0.3 is 5.97 Å². The van der Waals surface area contributed by atoms with E-state index in [4.69, 9.17) is 10.8 Å². The molecule has 3 N–H and O–H groups in total. The highest BCUT2D eigenvalue weighted by Crippen LogP contribution is 2.28. The van der Waals surface area contributed by atoms with Crippen molar-refractivity contribution in [1.29, 1.82) is 0 Å². The van der Waals surface area contributed by atoms with Crippen molar-refractivity contribution >= 4 is 5.97 Å². The number of carboxylic acid groups (broad SMARTS) is 1. The van der Waals surface area contributed by atoms with E-state index >= 15 is 0 Å². The zero-order valence-corrected chi connectivity index (χ0v) is 10.4. The number of hydrogen-bond donors (Lipinski definition) is 2. The SMILES string of the molecule is Cc1nc(C(=O)O)cc(-c2ccccc2F)c1CN. The van der Waals surface area contributed by atoms with Gasteiger partial charge in [0.1, 0.15) is 11.5 Å². The molecule has 1 aromatic carbocycles. The van der Waals surface area contributed by atoms with Crippen molar-refractivity contribution in [2.24, 2.45) is 5.73 Å². The van der Waals surface area contributed by atoms with Gasteiger partial charge in [0, 0.05) is 17.8 Å². The molecule has 0 unspecified atom stereocenters. The first kappa shape index (κ1) is 13.2. The Labute approximate surface area is 109 Å². The normalized spacial score (nSPS) is 10.5. The molecule has 0 radical (unpaired) electrons. The summed E-state index contributed by atoms with van der Waals surface area (Å²) in [7, 11) is 0. The van der Waals surface area contributed by atoms with Gasteiger partial charge in [0.05, 0.1) is 0 Å². The molecule has 0 aliphatic carbocycles. The minimum atomic E-state index is -1.15. The number of hydrogen-bond acceptors (Lipinski definition) is 3. The summed E-state index contributed by atoms with van der Waals surface area (Å²) in [6, 6.07) is 7.54. The molecule has 0 amide bonds. The molecular weight excluding hydrogens is 247 g/mol. The first-order valence-corrected chi connectivity index (χ1v) is 5.73. The first-order chi connectivity index (χ1) is 9.04. The predicted octanol–water partition coefficient (Wildman–Crippen LogP) is 2.35. The first-order valence-electron chi connectivity index (χ1n) is 5.73. The summed E-state index contributed by atoms with van der Waals surface area (Å²) in [5.41, 5.74) is 7.49. The lowest BCUT2D eigenvalue weighted by molar-refractivity contribution is 0.0690. The molecule has 4 nitrogen and oxygen atoms in total. The predicted molar refractivity (Wildman–Crippen MR) is 69.2 cm³/mol. The Bertz CT molecular complexity index is 641. The van der Waals surface area contributed by atoms with Crippen molar-refractivity contribution in [2.75, 3.05) is 0 Å². The van der Waals surface area contributed by atoms with Gasteiger partial charge in [-0.3, -0.25) is 0 Å². The van der Waals surface area contributed by atoms with E-state index in [0.717, 1.165) is 0 Å². The van der Waals surface area contributed by atoms with E-state index in [1.165, 1.54) is 12.1 Å². The number of aryl methyl sites for hydroxylation is 1. The second-order valence-corrected chi connectivity index (χ2v) is 4.11. The van der Waals surface area contributed by atoms with Crippen LogP contribution in [0.2, 0.25) is 0 Å². The van der Waals surface area contributed by atoms with Crippen molar-refractivity contribution in [1.82, 2.24) is 4.98 Å². The summed E-state index contributed by atoms with van der Waals surface area (Å²) in [5.74, 6) is -1.57.